The van der Waals surface area contributed by atoms with Crippen LogP contribution >= 0.6 is 0 Å². The second kappa shape index (κ2) is 11.0. The van der Waals surface area contributed by atoms with Crippen LogP contribution in [0.25, 0.3) is 0 Å². The zero-order chi connectivity index (χ0) is 27.6. The van der Waals surface area contributed by atoms with Crippen molar-refractivity contribution < 1.29 is 14.0 Å². The number of alkyl halides is 1. The summed E-state index contributed by atoms with van der Waals surface area (Å²) in [5, 5.41) is 6.05. The van der Waals surface area contributed by atoms with E-state index in [1.165, 1.54) is 0 Å². The van der Waals surface area contributed by atoms with Gasteiger partial charge in [0.15, 0.2) is 0 Å². The lowest BCUT2D eigenvalue weighted by atomic mass is 9.85. The number of anilines is 3. The van der Waals surface area contributed by atoms with Crippen LogP contribution in [0.15, 0.2) is 54.7 Å². The highest BCUT2D eigenvalue weighted by Gasteiger charge is 2.38. The molecule has 0 atom stereocenters. The first-order chi connectivity index (χ1) is 18.8. The Morgan fingerprint density at radius 3 is 2.31 bits per heavy atom. The Hall–Kier alpha value is -3.94. The highest BCUT2D eigenvalue weighted by molar-refractivity contribution is 6.05. The van der Waals surface area contributed by atoms with E-state index in [0.29, 0.717) is 41.9 Å². The van der Waals surface area contributed by atoms with Gasteiger partial charge < -0.3 is 20.4 Å². The van der Waals surface area contributed by atoms with Crippen molar-refractivity contribution in [2.75, 3.05) is 48.8 Å². The molecule has 39 heavy (non-hydrogen) atoms. The lowest BCUT2D eigenvalue weighted by Gasteiger charge is -2.37. The summed E-state index contributed by atoms with van der Waals surface area (Å²) in [4.78, 5) is 34.9. The predicted octanol–water partition coefficient (Wildman–Crippen LogP) is 5.56. The minimum absolute atomic E-state index is 0.140. The van der Waals surface area contributed by atoms with Gasteiger partial charge in [-0.1, -0.05) is 25.1 Å². The third-order valence-electron chi connectivity index (χ3n) is 8.03. The lowest BCUT2D eigenvalue weighted by molar-refractivity contribution is 0.0421. The maximum absolute atomic E-state index is 15.8. The van der Waals surface area contributed by atoms with Crippen molar-refractivity contribution in [3.63, 3.8) is 0 Å². The maximum Gasteiger partial charge on any atom is 0.257 e. The number of aromatic nitrogens is 1. The molecule has 2 fully saturated rings. The molecule has 2 N–H and O–H groups in total. The van der Waals surface area contributed by atoms with Crippen molar-refractivity contribution >= 4 is 29.0 Å². The number of carbonyl (C=O) groups is 2. The van der Waals surface area contributed by atoms with Crippen molar-refractivity contribution in [1.82, 2.24) is 9.88 Å². The van der Waals surface area contributed by atoms with Crippen LogP contribution in [0.1, 0.15) is 63.6 Å². The molecule has 0 spiro atoms. The Bertz CT molecular complexity index is 1340. The number of hydrogen-bond acceptors (Lipinski definition) is 5. The quantitative estimate of drug-likeness (QED) is 0.419. The maximum atomic E-state index is 15.8. The largest absolute Gasteiger partial charge is 0.388 e. The van der Waals surface area contributed by atoms with E-state index in [1.807, 2.05) is 57.3 Å². The van der Waals surface area contributed by atoms with Crippen LogP contribution in [0.5, 0.6) is 0 Å². The highest BCUT2D eigenvalue weighted by Crippen LogP contribution is 2.38. The number of amides is 2. The monoisotopic (exact) mass is 529 g/mol. The number of hydrogen-bond donors (Lipinski definition) is 2. The van der Waals surface area contributed by atoms with Crippen molar-refractivity contribution in [2.24, 2.45) is 0 Å². The number of aryl methyl sites for hydroxylation is 2. The number of nitrogens with zero attached hydrogens (tertiary/aromatic N) is 3. The molecule has 5 rings (SSSR count). The van der Waals surface area contributed by atoms with E-state index < -0.39 is 5.67 Å². The fourth-order valence-corrected chi connectivity index (χ4v) is 5.31. The van der Waals surface area contributed by atoms with Gasteiger partial charge in [0.05, 0.1) is 5.56 Å². The first-order valence-electron chi connectivity index (χ1n) is 13.7. The first-order valence-corrected chi connectivity index (χ1v) is 13.7. The Kier molecular flexibility index (Phi) is 7.55. The van der Waals surface area contributed by atoms with E-state index >= 15 is 4.39 Å². The van der Waals surface area contributed by atoms with E-state index in [9.17, 15) is 9.59 Å². The zero-order valence-electron chi connectivity index (χ0n) is 22.9. The lowest BCUT2D eigenvalue weighted by Crippen LogP contribution is -2.43. The van der Waals surface area contributed by atoms with Crippen molar-refractivity contribution in [2.45, 2.75) is 45.2 Å². The van der Waals surface area contributed by atoms with Gasteiger partial charge >= 0.3 is 0 Å². The molecule has 204 valence electrons. The number of carbonyl (C=O) groups excluding carboxylic acids is 2. The summed E-state index contributed by atoms with van der Waals surface area (Å²) in [6.07, 6.45) is 3.95. The van der Waals surface area contributed by atoms with Gasteiger partial charge in [0.25, 0.3) is 11.8 Å². The molecule has 2 saturated heterocycles. The van der Waals surface area contributed by atoms with Crippen LogP contribution in [0.2, 0.25) is 0 Å². The van der Waals surface area contributed by atoms with E-state index in [1.54, 1.807) is 23.2 Å². The van der Waals surface area contributed by atoms with E-state index in [-0.39, 0.29) is 24.7 Å². The van der Waals surface area contributed by atoms with Gasteiger partial charge in [0.1, 0.15) is 11.5 Å². The number of pyridine rings is 1. The zero-order valence-corrected chi connectivity index (χ0v) is 22.9. The molecule has 8 heteroatoms. The number of rotatable bonds is 7. The molecule has 0 radical (unpaired) electrons. The topological polar surface area (TPSA) is 77.6 Å². The second-order valence-electron chi connectivity index (χ2n) is 10.5. The van der Waals surface area contributed by atoms with Gasteiger partial charge in [-0.05, 0) is 66.8 Å². The van der Waals surface area contributed by atoms with Crippen LogP contribution < -0.4 is 15.5 Å². The number of benzene rings is 2. The SMILES string of the molecule is CCc1cc(C)c(C(=O)N2CCC(F)(c3ccc(NC)cc3)CC2)cc1NC(=O)c1ccc(N2CCC2)nc1. The Labute approximate surface area is 229 Å². The van der Waals surface area contributed by atoms with Crippen LogP contribution in [0, 0.1) is 6.92 Å². The minimum atomic E-state index is -1.46. The molecule has 0 saturated carbocycles. The van der Waals surface area contributed by atoms with Crippen LogP contribution in [0.3, 0.4) is 0 Å². The third-order valence-corrected chi connectivity index (χ3v) is 8.03. The van der Waals surface area contributed by atoms with Crippen molar-refractivity contribution in [3.05, 3.63) is 82.5 Å². The molecule has 2 aliphatic rings. The molecule has 7 nitrogen and oxygen atoms in total. The third kappa shape index (κ3) is 5.46. The summed E-state index contributed by atoms with van der Waals surface area (Å²) in [7, 11) is 1.83. The predicted molar refractivity (Wildman–Crippen MR) is 153 cm³/mol. The van der Waals surface area contributed by atoms with Crippen LogP contribution in [-0.2, 0) is 12.1 Å². The van der Waals surface area contributed by atoms with Gasteiger partial charge in [0.2, 0.25) is 0 Å². The molecule has 3 heterocycles. The van der Waals surface area contributed by atoms with E-state index in [2.05, 4.69) is 20.5 Å². The van der Waals surface area contributed by atoms with Crippen LogP contribution in [0.4, 0.5) is 21.6 Å². The molecular formula is C31H36FN5O2. The average molecular weight is 530 g/mol. The molecule has 0 aliphatic carbocycles. The molecule has 0 unspecified atom stereocenters. The normalized spacial score (nSPS) is 16.4. The van der Waals surface area contributed by atoms with Crippen molar-refractivity contribution in [1.29, 1.82) is 0 Å². The number of halogens is 1. The Balaban J connectivity index is 1.29. The number of nitrogens with one attached hydrogen (secondary N) is 2. The molecule has 2 amide bonds. The fourth-order valence-electron chi connectivity index (χ4n) is 5.31. The first kappa shape index (κ1) is 26.7. The van der Waals surface area contributed by atoms with Crippen LogP contribution in [-0.4, -0.2) is 54.9 Å². The van der Waals surface area contributed by atoms with Gasteiger partial charge in [0, 0.05) is 69.2 Å². The van der Waals surface area contributed by atoms with E-state index in [4.69, 9.17) is 0 Å². The Morgan fingerprint density at radius 2 is 1.74 bits per heavy atom. The summed E-state index contributed by atoms with van der Waals surface area (Å²) in [6.45, 7) is 6.56. The van der Waals surface area contributed by atoms with E-state index in [0.717, 1.165) is 42.1 Å². The summed E-state index contributed by atoms with van der Waals surface area (Å²) in [5.74, 6) is 0.474. The minimum Gasteiger partial charge on any atom is -0.388 e. The Morgan fingerprint density at radius 1 is 1.03 bits per heavy atom. The van der Waals surface area contributed by atoms with Gasteiger partial charge in [-0.2, -0.15) is 0 Å². The van der Waals surface area contributed by atoms with Gasteiger partial charge in [-0.3, -0.25) is 9.59 Å². The summed E-state index contributed by atoms with van der Waals surface area (Å²) >= 11 is 0. The molecule has 2 aliphatic heterocycles. The fraction of sp³-hybridized carbons (Fsp3) is 0.387. The summed E-state index contributed by atoms with van der Waals surface area (Å²) < 4.78 is 15.8. The summed E-state index contributed by atoms with van der Waals surface area (Å²) in [5.41, 5.74) is 3.53. The molecule has 1 aromatic heterocycles. The van der Waals surface area contributed by atoms with Gasteiger partial charge in [-0.25, -0.2) is 9.37 Å². The second-order valence-corrected chi connectivity index (χ2v) is 10.5. The molecule has 3 aromatic rings. The van der Waals surface area contributed by atoms with Crippen molar-refractivity contribution in [3.8, 4) is 0 Å². The molecule has 2 aromatic carbocycles. The molecular weight excluding hydrogens is 493 g/mol. The number of piperidine rings is 1. The highest BCUT2D eigenvalue weighted by atomic mass is 19.1. The standard InChI is InChI=1S/C31H36FN5O2/c1-4-22-18-21(2)26(19-27(22)35-29(38)23-6-11-28(34-20-23)36-14-5-15-36)30(39)37-16-12-31(32,13-17-37)24-7-9-25(33-3)10-8-24/h6-11,18-20,33H,4-5,12-17H2,1-3H3,(H,35,38). The smallest absolute Gasteiger partial charge is 0.257 e. The molecule has 0 bridgehead atoms. The average Bonchev–Trinajstić information content (AvgIpc) is 2.93. The van der Waals surface area contributed by atoms with Gasteiger partial charge in [-0.15, -0.1) is 0 Å². The summed E-state index contributed by atoms with van der Waals surface area (Å²) in [6, 6.07) is 14.8. The number of likely N-dealkylation sites (tertiary alicyclic amines) is 1.